The standard InChI is InChI=1S/C21H23N3O2S/c1-14(2)27-18-8-6-5-7-17(18)21(25)24(4)13-19-22-20(23-26-19)16-11-9-15(3)10-12-16/h5-12,14H,13H2,1-4H3. The largest absolute Gasteiger partial charge is 0.337 e. The molecule has 0 aliphatic carbocycles. The number of aromatic nitrogens is 2. The molecule has 3 aromatic rings. The van der Waals surface area contributed by atoms with Crippen LogP contribution >= 0.6 is 11.8 Å². The molecule has 0 saturated heterocycles. The van der Waals surface area contributed by atoms with Crippen LogP contribution in [0.5, 0.6) is 0 Å². The first-order valence-electron chi connectivity index (χ1n) is 8.85. The lowest BCUT2D eigenvalue weighted by Gasteiger charge is -2.17. The molecule has 0 saturated carbocycles. The Labute approximate surface area is 163 Å². The fraction of sp³-hybridized carbons (Fsp3) is 0.286. The van der Waals surface area contributed by atoms with E-state index in [1.165, 1.54) is 5.56 Å². The number of nitrogens with zero attached hydrogens (tertiary/aromatic N) is 3. The third-order valence-corrected chi connectivity index (χ3v) is 5.06. The van der Waals surface area contributed by atoms with Crippen LogP contribution in [0.2, 0.25) is 0 Å². The Hall–Kier alpha value is -2.60. The molecule has 0 bridgehead atoms. The van der Waals surface area contributed by atoms with Crippen molar-refractivity contribution in [2.45, 2.75) is 37.5 Å². The van der Waals surface area contributed by atoms with E-state index in [4.69, 9.17) is 4.52 Å². The van der Waals surface area contributed by atoms with E-state index in [0.29, 0.717) is 22.5 Å². The number of amides is 1. The molecular formula is C21H23N3O2S. The topological polar surface area (TPSA) is 59.2 Å². The highest BCUT2D eigenvalue weighted by atomic mass is 32.2. The molecule has 0 N–H and O–H groups in total. The summed E-state index contributed by atoms with van der Waals surface area (Å²) in [7, 11) is 1.74. The van der Waals surface area contributed by atoms with Crippen LogP contribution < -0.4 is 0 Å². The molecule has 27 heavy (non-hydrogen) atoms. The van der Waals surface area contributed by atoms with Gasteiger partial charge in [0.25, 0.3) is 5.91 Å². The van der Waals surface area contributed by atoms with Gasteiger partial charge in [-0.1, -0.05) is 61.0 Å². The van der Waals surface area contributed by atoms with Gasteiger partial charge in [0.1, 0.15) is 0 Å². The first kappa shape index (κ1) is 19.2. The summed E-state index contributed by atoms with van der Waals surface area (Å²) < 4.78 is 5.34. The van der Waals surface area contributed by atoms with Crippen molar-refractivity contribution in [1.29, 1.82) is 0 Å². The van der Waals surface area contributed by atoms with Gasteiger partial charge in [-0.05, 0) is 19.1 Å². The van der Waals surface area contributed by atoms with Crippen molar-refractivity contribution in [3.63, 3.8) is 0 Å². The van der Waals surface area contributed by atoms with E-state index in [1.807, 2.05) is 55.5 Å². The average molecular weight is 382 g/mol. The first-order valence-corrected chi connectivity index (χ1v) is 9.73. The van der Waals surface area contributed by atoms with Crippen LogP contribution in [-0.4, -0.2) is 33.2 Å². The van der Waals surface area contributed by atoms with Crippen molar-refractivity contribution in [3.05, 3.63) is 65.5 Å². The lowest BCUT2D eigenvalue weighted by molar-refractivity contribution is 0.0766. The summed E-state index contributed by atoms with van der Waals surface area (Å²) in [4.78, 5) is 19.9. The van der Waals surface area contributed by atoms with Crippen molar-refractivity contribution in [2.75, 3.05) is 7.05 Å². The van der Waals surface area contributed by atoms with E-state index in [9.17, 15) is 4.79 Å². The van der Waals surface area contributed by atoms with E-state index >= 15 is 0 Å². The van der Waals surface area contributed by atoms with Crippen LogP contribution in [0.1, 0.15) is 35.7 Å². The fourth-order valence-electron chi connectivity index (χ4n) is 2.62. The maximum Gasteiger partial charge on any atom is 0.255 e. The summed E-state index contributed by atoms with van der Waals surface area (Å²) in [6, 6.07) is 15.6. The van der Waals surface area contributed by atoms with E-state index in [-0.39, 0.29) is 12.5 Å². The minimum atomic E-state index is -0.0613. The molecule has 0 spiro atoms. The highest BCUT2D eigenvalue weighted by molar-refractivity contribution is 8.00. The molecular weight excluding hydrogens is 358 g/mol. The second kappa shape index (κ2) is 8.39. The average Bonchev–Trinajstić information content (AvgIpc) is 3.10. The van der Waals surface area contributed by atoms with Gasteiger partial charge in [-0.25, -0.2) is 0 Å². The minimum absolute atomic E-state index is 0.0613. The zero-order valence-corrected chi connectivity index (χ0v) is 16.8. The van der Waals surface area contributed by atoms with Gasteiger partial charge in [-0.3, -0.25) is 4.79 Å². The van der Waals surface area contributed by atoms with Crippen molar-refractivity contribution in [1.82, 2.24) is 15.0 Å². The summed E-state index contributed by atoms with van der Waals surface area (Å²) in [6.07, 6.45) is 0. The molecule has 0 radical (unpaired) electrons. The summed E-state index contributed by atoms with van der Waals surface area (Å²) >= 11 is 1.68. The predicted octanol–water partition coefficient (Wildman–Crippen LogP) is 4.82. The predicted molar refractivity (Wildman–Crippen MR) is 108 cm³/mol. The van der Waals surface area contributed by atoms with Gasteiger partial charge in [-0.15, -0.1) is 11.8 Å². The Morgan fingerprint density at radius 1 is 1.15 bits per heavy atom. The maximum atomic E-state index is 12.9. The Morgan fingerprint density at radius 2 is 1.85 bits per heavy atom. The van der Waals surface area contributed by atoms with Crippen LogP contribution in [0.4, 0.5) is 0 Å². The lowest BCUT2D eigenvalue weighted by Crippen LogP contribution is -2.26. The molecule has 5 nitrogen and oxygen atoms in total. The van der Waals surface area contributed by atoms with E-state index in [1.54, 1.807) is 23.7 Å². The van der Waals surface area contributed by atoms with Gasteiger partial charge in [-0.2, -0.15) is 4.98 Å². The zero-order chi connectivity index (χ0) is 19.4. The quantitative estimate of drug-likeness (QED) is 0.573. The monoisotopic (exact) mass is 381 g/mol. The van der Waals surface area contributed by atoms with Crippen molar-refractivity contribution in [2.24, 2.45) is 0 Å². The van der Waals surface area contributed by atoms with Gasteiger partial charge in [0.2, 0.25) is 11.7 Å². The first-order chi connectivity index (χ1) is 12.9. The summed E-state index contributed by atoms with van der Waals surface area (Å²) in [5, 5.41) is 4.43. The van der Waals surface area contributed by atoms with Gasteiger partial charge >= 0.3 is 0 Å². The van der Waals surface area contributed by atoms with E-state index in [0.717, 1.165) is 10.5 Å². The Balaban J connectivity index is 1.73. The highest BCUT2D eigenvalue weighted by Crippen LogP contribution is 2.27. The minimum Gasteiger partial charge on any atom is -0.337 e. The molecule has 0 atom stereocenters. The number of benzene rings is 2. The Morgan fingerprint density at radius 3 is 2.56 bits per heavy atom. The number of hydrogen-bond acceptors (Lipinski definition) is 5. The molecule has 0 fully saturated rings. The van der Waals surface area contributed by atoms with Gasteiger partial charge < -0.3 is 9.42 Å². The SMILES string of the molecule is Cc1ccc(-c2noc(CN(C)C(=O)c3ccccc3SC(C)C)n2)cc1. The molecule has 0 aliphatic heterocycles. The fourth-order valence-corrected chi connectivity index (χ4v) is 3.57. The molecule has 140 valence electrons. The van der Waals surface area contributed by atoms with Gasteiger partial charge in [0, 0.05) is 22.8 Å². The molecule has 1 amide bonds. The molecule has 1 heterocycles. The molecule has 6 heteroatoms. The second-order valence-corrected chi connectivity index (χ2v) is 8.32. The smallest absolute Gasteiger partial charge is 0.255 e. The van der Waals surface area contributed by atoms with E-state index in [2.05, 4.69) is 24.0 Å². The number of hydrogen-bond donors (Lipinski definition) is 0. The lowest BCUT2D eigenvalue weighted by atomic mass is 10.1. The van der Waals surface area contributed by atoms with Crippen LogP contribution in [0, 0.1) is 6.92 Å². The second-order valence-electron chi connectivity index (χ2n) is 6.70. The normalized spacial score (nSPS) is 11.0. The third-order valence-electron chi connectivity index (χ3n) is 3.98. The summed E-state index contributed by atoms with van der Waals surface area (Å²) in [5.74, 6) is 0.880. The van der Waals surface area contributed by atoms with Crippen LogP contribution in [-0.2, 0) is 6.54 Å². The van der Waals surface area contributed by atoms with Crippen molar-refractivity contribution < 1.29 is 9.32 Å². The van der Waals surface area contributed by atoms with Crippen molar-refractivity contribution in [3.8, 4) is 11.4 Å². The molecule has 0 aliphatic rings. The Kier molecular flexibility index (Phi) is 5.96. The molecule has 0 unspecified atom stereocenters. The number of rotatable bonds is 6. The molecule has 1 aromatic heterocycles. The third kappa shape index (κ3) is 4.77. The Bertz CT molecular complexity index is 919. The number of carbonyl (C=O) groups is 1. The zero-order valence-electron chi connectivity index (χ0n) is 16.0. The number of thioether (sulfide) groups is 1. The number of carbonyl (C=O) groups excluding carboxylic acids is 1. The number of aryl methyl sites for hydroxylation is 1. The van der Waals surface area contributed by atoms with Gasteiger partial charge in [0.15, 0.2) is 0 Å². The maximum absolute atomic E-state index is 12.9. The van der Waals surface area contributed by atoms with Crippen LogP contribution in [0.25, 0.3) is 11.4 Å². The molecule has 2 aromatic carbocycles. The van der Waals surface area contributed by atoms with Gasteiger partial charge in [0.05, 0.1) is 12.1 Å². The molecule has 3 rings (SSSR count). The van der Waals surface area contributed by atoms with Crippen molar-refractivity contribution >= 4 is 17.7 Å². The summed E-state index contributed by atoms with van der Waals surface area (Å²) in [5.41, 5.74) is 2.76. The van der Waals surface area contributed by atoms with E-state index < -0.39 is 0 Å². The van der Waals surface area contributed by atoms with Crippen LogP contribution in [0.15, 0.2) is 57.9 Å². The highest BCUT2D eigenvalue weighted by Gasteiger charge is 2.19. The summed E-state index contributed by atoms with van der Waals surface area (Å²) in [6.45, 7) is 6.52. The van der Waals surface area contributed by atoms with Crippen LogP contribution in [0.3, 0.4) is 0 Å².